The molecule has 0 radical (unpaired) electrons. The van der Waals surface area contributed by atoms with Crippen LogP contribution < -0.4 is 9.47 Å². The van der Waals surface area contributed by atoms with Gasteiger partial charge in [0.15, 0.2) is 5.78 Å². The number of nitrogens with zero attached hydrogens (tertiary/aromatic N) is 2. The van der Waals surface area contributed by atoms with Crippen LogP contribution in [0.2, 0.25) is 0 Å². The molecule has 8 aromatic rings. The number of rotatable bonds is 15. The molecule has 1 aliphatic heterocycles. The summed E-state index contributed by atoms with van der Waals surface area (Å²) in [6, 6.07) is 55.0. The number of aryl methyl sites for hydroxylation is 1. The van der Waals surface area contributed by atoms with E-state index in [4.69, 9.17) is 9.47 Å². The van der Waals surface area contributed by atoms with Crippen LogP contribution in [-0.2, 0) is 6.42 Å². The summed E-state index contributed by atoms with van der Waals surface area (Å²) in [6.07, 6.45) is 11.6. The topological polar surface area (TPSA) is 123 Å². The zero-order valence-corrected chi connectivity index (χ0v) is 48.9. The lowest BCUT2D eigenvalue weighted by Crippen LogP contribution is -2.43. The number of aliphatic hydroxyl groups excluding tert-OH is 1. The molecule has 7 aromatic carbocycles. The number of benzene rings is 7. The highest BCUT2D eigenvalue weighted by Crippen LogP contribution is 2.61. The number of aliphatic hydroxyl groups is 1. The fraction of sp³-hybridized carbons (Fsp3) is 0.347. The first-order chi connectivity index (χ1) is 39.9. The van der Waals surface area contributed by atoms with Gasteiger partial charge in [0.25, 0.3) is 0 Å². The van der Waals surface area contributed by atoms with E-state index in [0.29, 0.717) is 41.9 Å². The smallest absolute Gasteiger partial charge is 0.195 e. The molecule has 1 saturated heterocycles. The minimum absolute atomic E-state index is 0.0834. The molecule has 4 N–H and O–H groups in total. The molecule has 12 rings (SSSR count). The quantitative estimate of drug-likeness (QED) is 0.0587. The number of hydrogen-bond donors (Lipinski definition) is 4. The first kappa shape index (κ1) is 58.0. The molecule has 1 aromatic heterocycles. The van der Waals surface area contributed by atoms with E-state index in [-0.39, 0.29) is 28.8 Å². The Hall–Kier alpha value is -7.21. The number of phenols is 3. The average molecular weight is 1120 g/mol. The van der Waals surface area contributed by atoms with Gasteiger partial charge in [0, 0.05) is 39.2 Å². The summed E-state index contributed by atoms with van der Waals surface area (Å²) in [6.45, 7) is 9.99. The fourth-order valence-corrected chi connectivity index (χ4v) is 14.6. The van der Waals surface area contributed by atoms with Gasteiger partial charge in [-0.05, 0) is 244 Å². The maximum atomic E-state index is 13.6. The number of ether oxygens (including phenoxy) is 2. The highest BCUT2D eigenvalue weighted by Gasteiger charge is 2.54. The predicted molar refractivity (Wildman–Crippen MR) is 335 cm³/mol. The number of aromatic hydroxyl groups is 3. The van der Waals surface area contributed by atoms with E-state index in [1.54, 1.807) is 42.5 Å². The number of piperidine rings is 1. The van der Waals surface area contributed by atoms with Crippen LogP contribution in [-0.4, -0.2) is 95.6 Å². The predicted octanol–water partition coefficient (Wildman–Crippen LogP) is 15.7. The van der Waals surface area contributed by atoms with Crippen LogP contribution in [0.1, 0.15) is 121 Å². The summed E-state index contributed by atoms with van der Waals surface area (Å²) in [4.78, 5) is 19.0. The number of fused-ring (bicyclic) bond motifs is 6. The van der Waals surface area contributed by atoms with Crippen molar-refractivity contribution in [3.63, 3.8) is 0 Å². The second kappa shape index (κ2) is 26.8. The van der Waals surface area contributed by atoms with Gasteiger partial charge in [-0.15, -0.1) is 11.3 Å². The Morgan fingerprint density at radius 2 is 1.27 bits per heavy atom. The number of carbonyl (C=O) groups excluding carboxylic acids is 1. The zero-order chi connectivity index (χ0) is 57.2. The molecule has 0 amide bonds. The monoisotopic (exact) mass is 1120 g/mol. The molecular weight excluding hydrogens is 1040 g/mol. The first-order valence-corrected chi connectivity index (χ1v) is 30.4. The van der Waals surface area contributed by atoms with E-state index in [1.165, 1.54) is 88.8 Å². The zero-order valence-electron chi connectivity index (χ0n) is 48.1. The van der Waals surface area contributed by atoms with Crippen LogP contribution in [0.3, 0.4) is 0 Å². The van der Waals surface area contributed by atoms with Gasteiger partial charge in [0.2, 0.25) is 0 Å². The molecule has 82 heavy (non-hydrogen) atoms. The van der Waals surface area contributed by atoms with E-state index in [9.17, 15) is 25.2 Å². The second-order valence-corrected chi connectivity index (χ2v) is 24.2. The number of ketones is 1. The van der Waals surface area contributed by atoms with Gasteiger partial charge in [0.1, 0.15) is 42.0 Å². The van der Waals surface area contributed by atoms with E-state index in [2.05, 4.69) is 129 Å². The Morgan fingerprint density at radius 3 is 1.94 bits per heavy atom. The van der Waals surface area contributed by atoms with Crippen molar-refractivity contribution >= 4 is 38.4 Å². The Kier molecular flexibility index (Phi) is 19.0. The Morgan fingerprint density at radius 1 is 0.659 bits per heavy atom. The van der Waals surface area contributed by atoms with Crippen molar-refractivity contribution in [2.45, 2.75) is 90.1 Å². The molecule has 9 nitrogen and oxygen atoms in total. The Bertz CT molecular complexity index is 3410. The molecule has 2 heterocycles. The van der Waals surface area contributed by atoms with Gasteiger partial charge >= 0.3 is 0 Å². The summed E-state index contributed by atoms with van der Waals surface area (Å²) < 4.78 is 12.6. The fourth-order valence-electron chi connectivity index (χ4n) is 13.3. The van der Waals surface area contributed by atoms with Gasteiger partial charge in [-0.2, -0.15) is 0 Å². The second-order valence-electron chi connectivity index (χ2n) is 23.2. The van der Waals surface area contributed by atoms with E-state index < -0.39 is 0 Å². The third-order valence-electron chi connectivity index (χ3n) is 17.7. The summed E-state index contributed by atoms with van der Waals surface area (Å²) in [5, 5.41) is 40.5. The van der Waals surface area contributed by atoms with Crippen molar-refractivity contribution in [1.82, 2.24) is 9.80 Å². The molecule has 2 saturated carbocycles. The van der Waals surface area contributed by atoms with Crippen molar-refractivity contribution in [2.24, 2.45) is 17.3 Å². The minimum Gasteiger partial charge on any atom is -0.508 e. The van der Waals surface area contributed by atoms with E-state index >= 15 is 0 Å². The lowest BCUT2D eigenvalue weighted by molar-refractivity contribution is -0.0226. The highest BCUT2D eigenvalue weighted by molar-refractivity contribution is 7.22. The van der Waals surface area contributed by atoms with Crippen molar-refractivity contribution in [2.75, 3.05) is 53.5 Å². The van der Waals surface area contributed by atoms with Crippen LogP contribution in [0.5, 0.6) is 28.7 Å². The van der Waals surface area contributed by atoms with Crippen molar-refractivity contribution < 1.29 is 34.7 Å². The van der Waals surface area contributed by atoms with Crippen LogP contribution in [0.25, 0.3) is 31.7 Å². The summed E-state index contributed by atoms with van der Waals surface area (Å²) >= 11 is 1.46. The van der Waals surface area contributed by atoms with Crippen LogP contribution in [0.15, 0.2) is 170 Å². The molecule has 0 bridgehead atoms. The summed E-state index contributed by atoms with van der Waals surface area (Å²) in [5.74, 6) is 4.41. The standard InChI is InChI=1S/C28H27NO4S.C26H29NO.C18H24O2/c30-21-8-4-20(5-9-21)28-26(24-13-10-22(31)18-25(24)34-28)27(32)19-6-11-23(12-7-19)33-17-16-29-14-2-1-3-15-29;1-4-25(21-11-7-5-8-12-21)26(22-13-9-6-10-14-22)23-15-17-24(18-16-23)28-20-19-27(2)3;1-18-9-8-14-13-5-3-12(19)10-11(13)2-4-15(14)16(18)6-7-17(18)20/h4-13,18,30-31H,1-3,14-17H2;5-18H,4,19-20H2,1-3H3;3,5,10,14-17,19-20H,2,4,6-9H2,1H3/b;26-25-;/t;;14-,15-,16+,17+,18+/m..1/s1. The number of thiophene rings is 1. The number of likely N-dealkylation sites (tertiary alicyclic amines) is 1. The summed E-state index contributed by atoms with van der Waals surface area (Å²) in [5.41, 5.74) is 11.4. The summed E-state index contributed by atoms with van der Waals surface area (Å²) in [7, 11) is 4.11. The van der Waals surface area contributed by atoms with Crippen LogP contribution in [0.4, 0.5) is 0 Å². The third kappa shape index (κ3) is 13.5. The molecule has 0 spiro atoms. The third-order valence-corrected chi connectivity index (χ3v) is 18.9. The molecule has 5 atom stereocenters. The lowest BCUT2D eigenvalue weighted by Gasteiger charge is -2.50. The maximum Gasteiger partial charge on any atom is 0.195 e. The van der Waals surface area contributed by atoms with Crippen LogP contribution in [0, 0.1) is 17.3 Å². The molecule has 3 fully saturated rings. The van der Waals surface area contributed by atoms with Crippen molar-refractivity contribution in [1.29, 1.82) is 0 Å². The van der Waals surface area contributed by atoms with Gasteiger partial charge in [-0.3, -0.25) is 9.69 Å². The Balaban J connectivity index is 0.000000142. The molecule has 10 heteroatoms. The first-order valence-electron chi connectivity index (χ1n) is 29.6. The van der Waals surface area contributed by atoms with E-state index in [0.717, 1.165) is 89.8 Å². The van der Waals surface area contributed by atoms with Crippen LogP contribution >= 0.6 is 11.3 Å². The number of allylic oxidation sites excluding steroid dienone is 1. The van der Waals surface area contributed by atoms with Crippen molar-refractivity contribution in [3.8, 4) is 39.2 Å². The number of phenolic OH excluding ortho intramolecular Hbond substituents is 3. The van der Waals surface area contributed by atoms with E-state index in [1.807, 2.05) is 36.4 Å². The SMILES string of the molecule is CC/C(=C(\c1ccccc1)c1ccc(OCCN(C)C)cc1)c1ccccc1.C[C@]12CC[C@@H]3c4ccc(O)cc4CC[C@H]3[C@@H]1CC[C@@H]2O.O=C(c1ccc(OCCN2CCCCC2)cc1)c1c(-c2ccc(O)cc2)sc2cc(O)ccc12. The largest absolute Gasteiger partial charge is 0.508 e. The average Bonchev–Trinajstić information content (AvgIpc) is 4.21. The van der Waals surface area contributed by atoms with Gasteiger partial charge in [0.05, 0.1) is 6.10 Å². The number of likely N-dealkylation sites (N-methyl/N-ethyl adjacent to an activating group) is 1. The Labute approximate surface area is 489 Å². The maximum absolute atomic E-state index is 13.6. The lowest BCUT2D eigenvalue weighted by atomic mass is 9.55. The molecule has 426 valence electrons. The van der Waals surface area contributed by atoms with Gasteiger partial charge < -0.3 is 34.8 Å². The molecular formula is C72H80N2O7S. The van der Waals surface area contributed by atoms with Gasteiger partial charge in [-0.1, -0.05) is 99.1 Å². The number of carbonyl (C=O) groups is 1. The minimum atomic E-state index is -0.0883. The molecule has 4 aliphatic rings. The molecule has 0 unspecified atom stereocenters. The number of hydrogen-bond acceptors (Lipinski definition) is 10. The molecule has 3 aliphatic carbocycles. The van der Waals surface area contributed by atoms with Gasteiger partial charge in [-0.25, -0.2) is 0 Å². The van der Waals surface area contributed by atoms with Crippen molar-refractivity contribution in [3.05, 3.63) is 209 Å². The normalized spacial score (nSPS) is 20.5. The highest BCUT2D eigenvalue weighted by atomic mass is 32.1.